The molecule has 0 spiro atoms. The second-order valence-electron chi connectivity index (χ2n) is 3.99. The normalized spacial score (nSPS) is 11.9. The van der Waals surface area contributed by atoms with E-state index in [0.717, 1.165) is 0 Å². The van der Waals surface area contributed by atoms with Crippen molar-refractivity contribution in [3.05, 3.63) is 54.6 Å². The molecule has 106 valence electrons. The first-order valence-electron chi connectivity index (χ1n) is 6.35. The Kier molecular flexibility index (Phi) is 6.78. The van der Waals surface area contributed by atoms with Crippen molar-refractivity contribution in [1.82, 2.24) is 4.31 Å². The summed E-state index contributed by atoms with van der Waals surface area (Å²) in [5.74, 6) is 5.54. The van der Waals surface area contributed by atoms with Crippen LogP contribution < -0.4 is 0 Å². The molecule has 0 atom stereocenters. The van der Waals surface area contributed by atoms with Gasteiger partial charge < -0.3 is 0 Å². The maximum Gasteiger partial charge on any atom is 0.244 e. The number of benzene rings is 1. The van der Waals surface area contributed by atoms with Gasteiger partial charge in [-0.05, 0) is 26.0 Å². The first kappa shape index (κ1) is 16.2. The lowest BCUT2D eigenvalue weighted by Crippen LogP contribution is -2.31. The highest BCUT2D eigenvalue weighted by molar-refractivity contribution is 7.89. The minimum absolute atomic E-state index is 0.188. The second-order valence-corrected chi connectivity index (χ2v) is 5.93. The van der Waals surface area contributed by atoms with E-state index >= 15 is 0 Å². The van der Waals surface area contributed by atoms with Crippen molar-refractivity contribution in [1.29, 1.82) is 0 Å². The quantitative estimate of drug-likeness (QED) is 0.596. The molecule has 1 aromatic rings. The van der Waals surface area contributed by atoms with Crippen molar-refractivity contribution in [2.45, 2.75) is 18.7 Å². The molecule has 0 saturated heterocycles. The van der Waals surface area contributed by atoms with E-state index in [2.05, 4.69) is 11.8 Å². The van der Waals surface area contributed by atoms with Crippen LogP contribution in [0.25, 0.3) is 0 Å². The molecule has 0 radical (unpaired) electrons. The Labute approximate surface area is 121 Å². The van der Waals surface area contributed by atoms with Gasteiger partial charge in [-0.1, -0.05) is 48.4 Å². The summed E-state index contributed by atoms with van der Waals surface area (Å²) in [7, 11) is -3.51. The van der Waals surface area contributed by atoms with E-state index in [4.69, 9.17) is 0 Å². The predicted octanol–water partition coefficient (Wildman–Crippen LogP) is 2.83. The third kappa shape index (κ3) is 4.69. The minimum atomic E-state index is -3.51. The molecule has 0 amide bonds. The van der Waals surface area contributed by atoms with Gasteiger partial charge in [-0.3, -0.25) is 0 Å². The summed E-state index contributed by atoms with van der Waals surface area (Å²) < 4.78 is 26.4. The van der Waals surface area contributed by atoms with Crippen LogP contribution >= 0.6 is 0 Å². The molecule has 0 fully saturated rings. The first-order valence-corrected chi connectivity index (χ1v) is 7.79. The Bertz CT molecular complexity index is 619. The summed E-state index contributed by atoms with van der Waals surface area (Å²) >= 11 is 0. The summed E-state index contributed by atoms with van der Waals surface area (Å²) in [6, 6.07) is 8.41. The number of hydrogen-bond acceptors (Lipinski definition) is 2. The average molecular weight is 289 g/mol. The molecule has 4 heteroatoms. The van der Waals surface area contributed by atoms with Gasteiger partial charge in [0.25, 0.3) is 0 Å². The Balaban J connectivity index is 2.99. The lowest BCUT2D eigenvalue weighted by Gasteiger charge is -2.18. The van der Waals surface area contributed by atoms with E-state index < -0.39 is 10.0 Å². The SMILES string of the molecule is CC#CCN(C/C=C/C=C/C)S(=O)(=O)c1ccccc1. The zero-order valence-corrected chi connectivity index (χ0v) is 12.6. The molecule has 0 heterocycles. The van der Waals surface area contributed by atoms with Gasteiger partial charge >= 0.3 is 0 Å². The molecular weight excluding hydrogens is 270 g/mol. The Hall–Kier alpha value is -1.83. The Morgan fingerprint density at radius 1 is 1.20 bits per heavy atom. The molecule has 0 aromatic heterocycles. The summed E-state index contributed by atoms with van der Waals surface area (Å²) in [5.41, 5.74) is 0. The molecule has 0 unspecified atom stereocenters. The first-order chi connectivity index (χ1) is 9.62. The molecular formula is C16H19NO2S. The van der Waals surface area contributed by atoms with Gasteiger partial charge in [0.2, 0.25) is 10.0 Å². The van der Waals surface area contributed by atoms with Crippen LogP contribution in [0.2, 0.25) is 0 Å². The largest absolute Gasteiger partial charge is 0.244 e. The third-order valence-electron chi connectivity index (χ3n) is 2.56. The zero-order valence-electron chi connectivity index (χ0n) is 11.8. The monoisotopic (exact) mass is 289 g/mol. The van der Waals surface area contributed by atoms with Gasteiger partial charge in [-0.2, -0.15) is 4.31 Å². The average Bonchev–Trinajstić information content (AvgIpc) is 2.47. The number of nitrogens with zero attached hydrogens (tertiary/aromatic N) is 1. The van der Waals surface area contributed by atoms with Crippen molar-refractivity contribution in [3.8, 4) is 11.8 Å². The smallest absolute Gasteiger partial charge is 0.207 e. The fourth-order valence-electron chi connectivity index (χ4n) is 1.52. The molecule has 0 bridgehead atoms. The number of hydrogen-bond donors (Lipinski definition) is 0. The van der Waals surface area contributed by atoms with Gasteiger partial charge in [0.05, 0.1) is 11.4 Å². The van der Waals surface area contributed by atoms with E-state index in [0.29, 0.717) is 6.54 Å². The number of allylic oxidation sites excluding steroid dienone is 3. The van der Waals surface area contributed by atoms with E-state index in [1.54, 1.807) is 43.3 Å². The molecule has 0 aliphatic heterocycles. The topological polar surface area (TPSA) is 37.4 Å². The van der Waals surface area contributed by atoms with Gasteiger partial charge in [-0.15, -0.1) is 5.92 Å². The Morgan fingerprint density at radius 2 is 1.90 bits per heavy atom. The predicted molar refractivity (Wildman–Crippen MR) is 82.6 cm³/mol. The van der Waals surface area contributed by atoms with Crippen molar-refractivity contribution in [2.24, 2.45) is 0 Å². The zero-order chi connectivity index (χ0) is 14.8. The van der Waals surface area contributed by atoms with Crippen molar-refractivity contribution in [3.63, 3.8) is 0 Å². The van der Waals surface area contributed by atoms with Crippen LogP contribution in [0.3, 0.4) is 0 Å². The fraction of sp³-hybridized carbons (Fsp3) is 0.250. The van der Waals surface area contributed by atoms with Crippen molar-refractivity contribution < 1.29 is 8.42 Å². The molecule has 1 aromatic carbocycles. The number of rotatable bonds is 6. The van der Waals surface area contributed by atoms with Gasteiger partial charge in [0.1, 0.15) is 0 Å². The van der Waals surface area contributed by atoms with Crippen LogP contribution in [0.5, 0.6) is 0 Å². The van der Waals surface area contributed by atoms with Crippen molar-refractivity contribution >= 4 is 10.0 Å². The van der Waals surface area contributed by atoms with Gasteiger partial charge in [-0.25, -0.2) is 8.42 Å². The van der Waals surface area contributed by atoms with Gasteiger partial charge in [0, 0.05) is 6.54 Å². The van der Waals surface area contributed by atoms with Crippen molar-refractivity contribution in [2.75, 3.05) is 13.1 Å². The fourth-order valence-corrected chi connectivity index (χ4v) is 2.84. The molecule has 20 heavy (non-hydrogen) atoms. The summed E-state index contributed by atoms with van der Waals surface area (Å²) in [5, 5.41) is 0. The minimum Gasteiger partial charge on any atom is -0.207 e. The van der Waals surface area contributed by atoms with Crippen LogP contribution in [0.4, 0.5) is 0 Å². The van der Waals surface area contributed by atoms with Gasteiger partial charge in [0.15, 0.2) is 0 Å². The van der Waals surface area contributed by atoms with Crippen LogP contribution in [0, 0.1) is 11.8 Å². The lowest BCUT2D eigenvalue weighted by atomic mass is 10.4. The molecule has 0 saturated carbocycles. The van der Waals surface area contributed by atoms with Crippen LogP contribution in [-0.4, -0.2) is 25.8 Å². The summed E-state index contributed by atoms with van der Waals surface area (Å²) in [6.45, 7) is 4.10. The highest BCUT2D eigenvalue weighted by Crippen LogP contribution is 2.14. The second kappa shape index (κ2) is 8.36. The molecule has 0 aliphatic carbocycles. The highest BCUT2D eigenvalue weighted by Gasteiger charge is 2.22. The molecule has 0 N–H and O–H groups in total. The molecule has 3 nitrogen and oxygen atoms in total. The van der Waals surface area contributed by atoms with Crippen LogP contribution in [-0.2, 0) is 10.0 Å². The lowest BCUT2D eigenvalue weighted by molar-refractivity contribution is 0.478. The maximum atomic E-state index is 12.5. The van der Waals surface area contributed by atoms with Crippen LogP contribution in [0.1, 0.15) is 13.8 Å². The standard InChI is InChI=1S/C16H19NO2S/c1-3-5-7-11-15-17(14-6-4-2)20(18,19)16-12-9-8-10-13-16/h3,5,7-13H,14-15H2,1-2H3/b5-3+,11-7+. The number of sulfonamides is 1. The molecule has 0 aliphatic rings. The van der Waals surface area contributed by atoms with E-state index in [1.165, 1.54) is 4.31 Å². The van der Waals surface area contributed by atoms with E-state index in [1.807, 2.05) is 25.2 Å². The van der Waals surface area contributed by atoms with Crippen LogP contribution in [0.15, 0.2) is 59.5 Å². The maximum absolute atomic E-state index is 12.5. The van der Waals surface area contributed by atoms with E-state index in [-0.39, 0.29) is 11.4 Å². The highest BCUT2D eigenvalue weighted by atomic mass is 32.2. The summed E-state index contributed by atoms with van der Waals surface area (Å²) in [4.78, 5) is 0.289. The Morgan fingerprint density at radius 3 is 2.50 bits per heavy atom. The van der Waals surface area contributed by atoms with E-state index in [9.17, 15) is 8.42 Å². The summed E-state index contributed by atoms with van der Waals surface area (Å²) in [6.07, 6.45) is 7.38. The third-order valence-corrected chi connectivity index (χ3v) is 4.39. The molecule has 1 rings (SSSR count).